The van der Waals surface area contributed by atoms with Crippen LogP contribution in [0, 0.1) is 11.7 Å². The molecule has 1 aromatic carbocycles. The molecule has 0 saturated heterocycles. The molecule has 0 heterocycles. The van der Waals surface area contributed by atoms with Crippen molar-refractivity contribution in [3.05, 3.63) is 34.1 Å². The Labute approximate surface area is 110 Å². The molecule has 1 aliphatic rings. The van der Waals surface area contributed by atoms with Crippen LogP contribution in [0.5, 0.6) is 0 Å². The lowest BCUT2D eigenvalue weighted by Crippen LogP contribution is -2.13. The Morgan fingerprint density at radius 2 is 2.06 bits per heavy atom. The lowest BCUT2D eigenvalue weighted by molar-refractivity contribution is 0.141. The summed E-state index contributed by atoms with van der Waals surface area (Å²) in [5, 5.41) is 9.76. The lowest BCUT2D eigenvalue weighted by atomic mass is 9.91. The van der Waals surface area contributed by atoms with Crippen molar-refractivity contribution in [1.29, 1.82) is 0 Å². The number of benzene rings is 1. The van der Waals surface area contributed by atoms with E-state index in [2.05, 4.69) is 15.9 Å². The molecule has 3 heteroatoms. The smallest absolute Gasteiger partial charge is 0.126 e. The van der Waals surface area contributed by atoms with Gasteiger partial charge in [0.15, 0.2) is 0 Å². The summed E-state index contributed by atoms with van der Waals surface area (Å²) in [7, 11) is 0. The summed E-state index contributed by atoms with van der Waals surface area (Å²) in [5.74, 6) is 0.281. The number of hydrogen-bond donors (Lipinski definition) is 1. The molecule has 1 nitrogen and oxygen atoms in total. The van der Waals surface area contributed by atoms with Crippen LogP contribution in [0.4, 0.5) is 4.39 Å². The van der Waals surface area contributed by atoms with Gasteiger partial charge in [0.25, 0.3) is 0 Å². The molecule has 2 unspecified atom stereocenters. The molecule has 2 rings (SSSR count). The van der Waals surface area contributed by atoms with Gasteiger partial charge in [-0.1, -0.05) is 35.2 Å². The van der Waals surface area contributed by atoms with Crippen LogP contribution in [-0.2, 0) is 6.42 Å². The van der Waals surface area contributed by atoms with Crippen LogP contribution < -0.4 is 0 Å². The van der Waals surface area contributed by atoms with Crippen molar-refractivity contribution >= 4 is 15.9 Å². The standard InChI is InChI=1S/C14H18BrFO/c15-12-5-6-14(16)11(9-12)7-10-3-1-2-4-13(17)8-10/h5-6,9-10,13,17H,1-4,7-8H2. The molecule has 1 aromatic rings. The van der Waals surface area contributed by atoms with E-state index in [9.17, 15) is 9.50 Å². The molecule has 2 atom stereocenters. The minimum Gasteiger partial charge on any atom is -0.393 e. The fourth-order valence-electron chi connectivity index (χ4n) is 2.63. The topological polar surface area (TPSA) is 20.2 Å². The lowest BCUT2D eigenvalue weighted by Gasteiger charge is -2.17. The predicted molar refractivity (Wildman–Crippen MR) is 70.4 cm³/mol. The summed E-state index contributed by atoms with van der Waals surface area (Å²) < 4.78 is 14.6. The van der Waals surface area contributed by atoms with E-state index < -0.39 is 0 Å². The van der Waals surface area contributed by atoms with Gasteiger partial charge in [0.2, 0.25) is 0 Å². The van der Waals surface area contributed by atoms with Gasteiger partial charge >= 0.3 is 0 Å². The first-order chi connectivity index (χ1) is 8.15. The van der Waals surface area contributed by atoms with Gasteiger partial charge < -0.3 is 5.11 Å². The van der Waals surface area contributed by atoms with Crippen molar-refractivity contribution in [2.75, 3.05) is 0 Å². The van der Waals surface area contributed by atoms with E-state index in [4.69, 9.17) is 0 Å². The Bertz CT molecular complexity index is 380. The number of hydrogen-bond acceptors (Lipinski definition) is 1. The summed E-state index contributed by atoms with van der Waals surface area (Å²) in [6.07, 6.45) is 5.60. The highest BCUT2D eigenvalue weighted by atomic mass is 79.9. The number of aliphatic hydroxyl groups is 1. The Hall–Kier alpha value is -0.410. The largest absolute Gasteiger partial charge is 0.393 e. The first kappa shape index (κ1) is 13.0. The van der Waals surface area contributed by atoms with Crippen molar-refractivity contribution in [2.45, 2.75) is 44.6 Å². The van der Waals surface area contributed by atoms with Crippen LogP contribution in [0.25, 0.3) is 0 Å². The minimum absolute atomic E-state index is 0.132. The van der Waals surface area contributed by atoms with E-state index in [1.165, 1.54) is 6.07 Å². The van der Waals surface area contributed by atoms with Gasteiger partial charge in [0, 0.05) is 4.47 Å². The molecule has 1 aliphatic carbocycles. The second kappa shape index (κ2) is 5.96. The highest BCUT2D eigenvalue weighted by Gasteiger charge is 2.19. The number of aliphatic hydroxyl groups excluding tert-OH is 1. The third-order valence-corrected chi connectivity index (χ3v) is 4.01. The number of rotatable bonds is 2. The average molecular weight is 301 g/mol. The maximum absolute atomic E-state index is 13.6. The van der Waals surface area contributed by atoms with Gasteiger partial charge in [-0.25, -0.2) is 4.39 Å². The van der Waals surface area contributed by atoms with Crippen LogP contribution in [0.3, 0.4) is 0 Å². The van der Waals surface area contributed by atoms with E-state index in [-0.39, 0.29) is 11.9 Å². The van der Waals surface area contributed by atoms with Crippen LogP contribution in [0.15, 0.2) is 22.7 Å². The van der Waals surface area contributed by atoms with E-state index in [0.717, 1.165) is 48.6 Å². The van der Waals surface area contributed by atoms with Crippen LogP contribution in [0.2, 0.25) is 0 Å². The normalized spacial score (nSPS) is 25.6. The highest BCUT2D eigenvalue weighted by molar-refractivity contribution is 9.10. The molecule has 0 spiro atoms. The molecule has 94 valence electrons. The first-order valence-corrected chi connectivity index (χ1v) is 7.06. The monoisotopic (exact) mass is 300 g/mol. The minimum atomic E-state index is -0.197. The van der Waals surface area contributed by atoms with E-state index in [0.29, 0.717) is 5.92 Å². The Kier molecular flexibility index (Phi) is 4.57. The Morgan fingerprint density at radius 1 is 1.29 bits per heavy atom. The summed E-state index contributed by atoms with van der Waals surface area (Å²) in [4.78, 5) is 0. The van der Waals surface area contributed by atoms with Gasteiger partial charge in [0.05, 0.1) is 6.10 Å². The maximum atomic E-state index is 13.6. The van der Waals surface area contributed by atoms with Crippen molar-refractivity contribution in [3.63, 3.8) is 0 Å². The maximum Gasteiger partial charge on any atom is 0.126 e. The summed E-state index contributed by atoms with van der Waals surface area (Å²) in [5.41, 5.74) is 0.762. The summed E-state index contributed by atoms with van der Waals surface area (Å²) in [6.45, 7) is 0. The van der Waals surface area contributed by atoms with Crippen molar-refractivity contribution < 1.29 is 9.50 Å². The quantitative estimate of drug-likeness (QED) is 0.816. The Morgan fingerprint density at radius 3 is 2.88 bits per heavy atom. The van der Waals surface area contributed by atoms with Gasteiger partial charge in [-0.2, -0.15) is 0 Å². The van der Waals surface area contributed by atoms with Gasteiger partial charge in [-0.05, 0) is 48.9 Å². The zero-order valence-corrected chi connectivity index (χ0v) is 11.4. The zero-order chi connectivity index (χ0) is 12.3. The second-order valence-electron chi connectivity index (χ2n) is 4.98. The third-order valence-electron chi connectivity index (χ3n) is 3.52. The molecular formula is C14H18BrFO. The Balaban J connectivity index is 2.06. The van der Waals surface area contributed by atoms with Crippen LogP contribution in [0.1, 0.15) is 37.7 Å². The van der Waals surface area contributed by atoms with Gasteiger partial charge in [-0.3, -0.25) is 0 Å². The molecule has 0 bridgehead atoms. The SMILES string of the molecule is OC1CCCCC(Cc2cc(Br)ccc2F)C1. The fraction of sp³-hybridized carbons (Fsp3) is 0.571. The summed E-state index contributed by atoms with van der Waals surface area (Å²) in [6, 6.07) is 5.08. The van der Waals surface area contributed by atoms with Gasteiger partial charge in [0.1, 0.15) is 5.82 Å². The van der Waals surface area contributed by atoms with E-state index in [1.807, 2.05) is 6.07 Å². The molecule has 1 saturated carbocycles. The molecular weight excluding hydrogens is 283 g/mol. The van der Waals surface area contributed by atoms with E-state index >= 15 is 0 Å². The van der Waals surface area contributed by atoms with Crippen molar-refractivity contribution in [1.82, 2.24) is 0 Å². The van der Waals surface area contributed by atoms with Crippen LogP contribution >= 0.6 is 15.9 Å². The highest BCUT2D eigenvalue weighted by Crippen LogP contribution is 2.28. The van der Waals surface area contributed by atoms with Crippen molar-refractivity contribution in [3.8, 4) is 0 Å². The molecule has 0 aliphatic heterocycles. The number of halogens is 2. The second-order valence-corrected chi connectivity index (χ2v) is 5.90. The van der Waals surface area contributed by atoms with Crippen molar-refractivity contribution in [2.24, 2.45) is 5.92 Å². The van der Waals surface area contributed by atoms with E-state index in [1.54, 1.807) is 6.07 Å². The third kappa shape index (κ3) is 3.78. The molecule has 1 fully saturated rings. The zero-order valence-electron chi connectivity index (χ0n) is 9.83. The fourth-order valence-corrected chi connectivity index (χ4v) is 3.04. The first-order valence-electron chi connectivity index (χ1n) is 6.27. The van der Waals surface area contributed by atoms with Gasteiger partial charge in [-0.15, -0.1) is 0 Å². The predicted octanol–water partition coefficient (Wildman–Crippen LogP) is 4.07. The summed E-state index contributed by atoms with van der Waals surface area (Å²) >= 11 is 3.37. The molecule has 0 amide bonds. The molecule has 17 heavy (non-hydrogen) atoms. The molecule has 0 radical (unpaired) electrons. The molecule has 1 N–H and O–H groups in total. The van der Waals surface area contributed by atoms with Crippen LogP contribution in [-0.4, -0.2) is 11.2 Å². The average Bonchev–Trinajstić information content (AvgIpc) is 2.48. The molecule has 0 aromatic heterocycles.